The van der Waals surface area contributed by atoms with Crippen LogP contribution in [0.25, 0.3) is 0 Å². The van der Waals surface area contributed by atoms with Crippen molar-refractivity contribution < 1.29 is 4.79 Å². The zero-order valence-corrected chi connectivity index (χ0v) is 9.33. The summed E-state index contributed by atoms with van der Waals surface area (Å²) in [5, 5.41) is 0. The molecule has 82 valence electrons. The molecule has 14 heavy (non-hydrogen) atoms. The lowest BCUT2D eigenvalue weighted by atomic mass is 9.91. The lowest BCUT2D eigenvalue weighted by Crippen LogP contribution is -2.39. The molecule has 3 nitrogen and oxygen atoms in total. The Hall–Kier alpha value is -0.570. The van der Waals surface area contributed by atoms with Crippen LogP contribution < -0.4 is 5.73 Å². The molecule has 0 aliphatic carbocycles. The molecule has 0 radical (unpaired) electrons. The van der Waals surface area contributed by atoms with E-state index in [1.54, 1.807) is 6.92 Å². The van der Waals surface area contributed by atoms with Crippen molar-refractivity contribution in [3.05, 3.63) is 0 Å². The Morgan fingerprint density at radius 1 is 1.64 bits per heavy atom. The molecule has 1 heterocycles. The third-order valence-electron chi connectivity index (χ3n) is 3.31. The van der Waals surface area contributed by atoms with Gasteiger partial charge in [0.05, 0.1) is 0 Å². The molecule has 1 fully saturated rings. The van der Waals surface area contributed by atoms with Crippen molar-refractivity contribution in [3.8, 4) is 0 Å². The van der Waals surface area contributed by atoms with Gasteiger partial charge in [0.2, 0.25) is 5.91 Å². The molecular formula is C11H22N2O. The number of nitrogens with two attached hydrogens (primary N) is 1. The molecule has 0 saturated carbocycles. The van der Waals surface area contributed by atoms with E-state index < -0.39 is 0 Å². The van der Waals surface area contributed by atoms with Gasteiger partial charge < -0.3 is 10.6 Å². The molecule has 1 amide bonds. The van der Waals surface area contributed by atoms with E-state index in [0.717, 1.165) is 38.8 Å². The van der Waals surface area contributed by atoms with E-state index in [-0.39, 0.29) is 5.91 Å². The molecule has 1 aliphatic heterocycles. The SMILES string of the molecule is CCC(CCN)C1CCCN1C(C)=O. The van der Waals surface area contributed by atoms with E-state index in [1.807, 2.05) is 4.90 Å². The smallest absolute Gasteiger partial charge is 0.219 e. The second-order valence-corrected chi connectivity index (χ2v) is 4.17. The maximum atomic E-state index is 11.4. The van der Waals surface area contributed by atoms with Gasteiger partial charge in [-0.3, -0.25) is 4.79 Å². The fraction of sp³-hybridized carbons (Fsp3) is 0.909. The van der Waals surface area contributed by atoms with E-state index in [4.69, 9.17) is 5.73 Å². The Morgan fingerprint density at radius 2 is 2.36 bits per heavy atom. The van der Waals surface area contributed by atoms with Gasteiger partial charge in [-0.25, -0.2) is 0 Å². The summed E-state index contributed by atoms with van der Waals surface area (Å²) in [4.78, 5) is 13.4. The quantitative estimate of drug-likeness (QED) is 0.741. The lowest BCUT2D eigenvalue weighted by Gasteiger charge is -2.30. The van der Waals surface area contributed by atoms with Crippen molar-refractivity contribution in [2.24, 2.45) is 11.7 Å². The first kappa shape index (κ1) is 11.5. The van der Waals surface area contributed by atoms with Crippen LogP contribution in [0.2, 0.25) is 0 Å². The third kappa shape index (κ3) is 2.47. The van der Waals surface area contributed by atoms with Gasteiger partial charge in [0.1, 0.15) is 0 Å². The number of hydrogen-bond donors (Lipinski definition) is 1. The van der Waals surface area contributed by atoms with Crippen LogP contribution in [0.4, 0.5) is 0 Å². The molecular weight excluding hydrogens is 176 g/mol. The molecule has 3 heteroatoms. The van der Waals surface area contributed by atoms with Crippen molar-refractivity contribution >= 4 is 5.91 Å². The Kier molecular flexibility index (Phi) is 4.39. The van der Waals surface area contributed by atoms with Gasteiger partial charge in [-0.2, -0.15) is 0 Å². The average Bonchev–Trinajstić information content (AvgIpc) is 2.62. The normalized spacial score (nSPS) is 23.9. The highest BCUT2D eigenvalue weighted by molar-refractivity contribution is 5.73. The fourth-order valence-corrected chi connectivity index (χ4v) is 2.56. The summed E-state index contributed by atoms with van der Waals surface area (Å²) in [6, 6.07) is 0.459. The van der Waals surface area contributed by atoms with Gasteiger partial charge in [0.15, 0.2) is 0 Å². The van der Waals surface area contributed by atoms with Crippen LogP contribution in [0.15, 0.2) is 0 Å². The molecule has 2 unspecified atom stereocenters. The highest BCUT2D eigenvalue weighted by Gasteiger charge is 2.31. The van der Waals surface area contributed by atoms with Crippen molar-refractivity contribution in [3.63, 3.8) is 0 Å². The first-order chi connectivity index (χ1) is 6.70. The number of hydrogen-bond acceptors (Lipinski definition) is 2. The standard InChI is InChI=1S/C11H22N2O/c1-3-10(6-7-12)11-5-4-8-13(11)9(2)14/h10-11H,3-8,12H2,1-2H3. The Labute approximate surface area is 86.6 Å². The predicted octanol–water partition coefficient (Wildman–Crippen LogP) is 1.37. The van der Waals surface area contributed by atoms with Gasteiger partial charge >= 0.3 is 0 Å². The molecule has 1 rings (SSSR count). The fourth-order valence-electron chi connectivity index (χ4n) is 2.56. The number of nitrogens with zero attached hydrogens (tertiary/aromatic N) is 1. The van der Waals surface area contributed by atoms with E-state index >= 15 is 0 Å². The van der Waals surface area contributed by atoms with Crippen LogP contribution >= 0.6 is 0 Å². The highest BCUT2D eigenvalue weighted by atomic mass is 16.2. The molecule has 1 saturated heterocycles. The summed E-state index contributed by atoms with van der Waals surface area (Å²) >= 11 is 0. The number of rotatable bonds is 4. The highest BCUT2D eigenvalue weighted by Crippen LogP contribution is 2.27. The van der Waals surface area contributed by atoms with Crippen molar-refractivity contribution in [1.82, 2.24) is 4.90 Å². The summed E-state index contributed by atoms with van der Waals surface area (Å²) in [6.45, 7) is 5.55. The van der Waals surface area contributed by atoms with Gasteiger partial charge in [-0.05, 0) is 31.7 Å². The minimum absolute atomic E-state index is 0.225. The molecule has 2 atom stereocenters. The summed E-state index contributed by atoms with van der Waals surface area (Å²) < 4.78 is 0. The number of likely N-dealkylation sites (tertiary alicyclic amines) is 1. The van der Waals surface area contributed by atoms with Gasteiger partial charge in [0, 0.05) is 19.5 Å². The molecule has 0 spiro atoms. The summed E-state index contributed by atoms with van der Waals surface area (Å²) in [5.74, 6) is 0.828. The number of carbonyl (C=O) groups excluding carboxylic acids is 1. The largest absolute Gasteiger partial charge is 0.340 e. The molecule has 0 aromatic carbocycles. The second-order valence-electron chi connectivity index (χ2n) is 4.17. The van der Waals surface area contributed by atoms with E-state index in [0.29, 0.717) is 12.0 Å². The van der Waals surface area contributed by atoms with E-state index in [9.17, 15) is 4.79 Å². The number of amides is 1. The number of carbonyl (C=O) groups is 1. The molecule has 1 aliphatic rings. The average molecular weight is 198 g/mol. The van der Waals surface area contributed by atoms with Crippen LogP contribution in [0.3, 0.4) is 0 Å². The maximum absolute atomic E-state index is 11.4. The molecule has 0 aromatic rings. The van der Waals surface area contributed by atoms with Crippen molar-refractivity contribution in [2.75, 3.05) is 13.1 Å². The van der Waals surface area contributed by atoms with Crippen LogP contribution in [0, 0.1) is 5.92 Å². The monoisotopic (exact) mass is 198 g/mol. The van der Waals surface area contributed by atoms with Crippen LogP contribution in [-0.4, -0.2) is 29.9 Å². The minimum atomic E-state index is 0.225. The summed E-state index contributed by atoms with van der Waals surface area (Å²) in [7, 11) is 0. The third-order valence-corrected chi connectivity index (χ3v) is 3.31. The van der Waals surface area contributed by atoms with Crippen molar-refractivity contribution in [2.45, 2.75) is 45.6 Å². The van der Waals surface area contributed by atoms with E-state index in [2.05, 4.69) is 6.92 Å². The van der Waals surface area contributed by atoms with Crippen LogP contribution in [0.5, 0.6) is 0 Å². The van der Waals surface area contributed by atoms with Gasteiger partial charge in [-0.1, -0.05) is 13.3 Å². The second kappa shape index (κ2) is 5.35. The van der Waals surface area contributed by atoms with E-state index in [1.165, 1.54) is 0 Å². The zero-order valence-electron chi connectivity index (χ0n) is 9.33. The maximum Gasteiger partial charge on any atom is 0.219 e. The van der Waals surface area contributed by atoms with Crippen LogP contribution in [0.1, 0.15) is 39.5 Å². The summed E-state index contributed by atoms with van der Waals surface area (Å²) in [5.41, 5.74) is 5.59. The van der Waals surface area contributed by atoms with Gasteiger partial charge in [0.25, 0.3) is 0 Å². The predicted molar refractivity (Wildman–Crippen MR) is 57.9 cm³/mol. The zero-order chi connectivity index (χ0) is 10.6. The molecule has 0 aromatic heterocycles. The molecule has 2 N–H and O–H groups in total. The first-order valence-corrected chi connectivity index (χ1v) is 5.68. The van der Waals surface area contributed by atoms with Crippen LogP contribution in [-0.2, 0) is 4.79 Å². The Balaban J connectivity index is 2.59. The minimum Gasteiger partial charge on any atom is -0.340 e. The topological polar surface area (TPSA) is 46.3 Å². The van der Waals surface area contributed by atoms with Crippen molar-refractivity contribution in [1.29, 1.82) is 0 Å². The first-order valence-electron chi connectivity index (χ1n) is 5.68. The Bertz CT molecular complexity index is 194. The van der Waals surface area contributed by atoms with Gasteiger partial charge in [-0.15, -0.1) is 0 Å². The summed E-state index contributed by atoms with van der Waals surface area (Å²) in [6.07, 6.45) is 4.50. The Morgan fingerprint density at radius 3 is 2.86 bits per heavy atom. The molecule has 0 bridgehead atoms. The lowest BCUT2D eigenvalue weighted by molar-refractivity contribution is -0.130.